The summed E-state index contributed by atoms with van der Waals surface area (Å²) >= 11 is 3.04. The van der Waals surface area contributed by atoms with Crippen LogP contribution in [0, 0.1) is 0 Å². The van der Waals surface area contributed by atoms with Crippen LogP contribution in [-0.2, 0) is 16.1 Å². The molecular weight excluding hydrogens is 358 g/mol. The molecule has 130 valence electrons. The van der Waals surface area contributed by atoms with Crippen molar-refractivity contribution in [2.75, 3.05) is 19.7 Å². The minimum absolute atomic E-state index is 0.00816. The van der Waals surface area contributed by atoms with Crippen molar-refractivity contribution in [3.8, 4) is 10.4 Å². The number of amides is 1. The fourth-order valence-electron chi connectivity index (χ4n) is 2.98. The van der Waals surface area contributed by atoms with E-state index in [2.05, 4.69) is 4.98 Å². The van der Waals surface area contributed by atoms with Crippen LogP contribution in [0.3, 0.4) is 0 Å². The van der Waals surface area contributed by atoms with E-state index in [-0.39, 0.29) is 24.1 Å². The Labute approximate surface area is 152 Å². The Morgan fingerprint density at radius 3 is 3.08 bits per heavy atom. The molecule has 0 spiro atoms. The van der Waals surface area contributed by atoms with E-state index >= 15 is 0 Å². The first kappa shape index (κ1) is 16.4. The minimum atomic E-state index is -0.163. The highest BCUT2D eigenvalue weighted by molar-refractivity contribution is 7.18. The third-order valence-electron chi connectivity index (χ3n) is 4.25. The highest BCUT2D eigenvalue weighted by atomic mass is 32.1. The molecule has 4 heterocycles. The summed E-state index contributed by atoms with van der Waals surface area (Å²) in [5, 5.41) is 4.54. The summed E-state index contributed by atoms with van der Waals surface area (Å²) in [5.41, 5.74) is 0.735. The normalized spacial score (nSPS) is 18.0. The van der Waals surface area contributed by atoms with Gasteiger partial charge in [0, 0.05) is 28.9 Å². The first-order chi connectivity index (χ1) is 12.1. The smallest absolute Gasteiger partial charge is 0.263 e. The molecule has 8 heteroatoms. The monoisotopic (exact) mass is 375 g/mol. The number of morpholine rings is 1. The second-order valence-electron chi connectivity index (χ2n) is 6.01. The zero-order chi connectivity index (χ0) is 17.4. The Morgan fingerprint density at radius 1 is 1.44 bits per heavy atom. The summed E-state index contributed by atoms with van der Waals surface area (Å²) in [6.45, 7) is 3.60. The molecule has 4 rings (SSSR count). The lowest BCUT2D eigenvalue weighted by atomic mass is 10.2. The molecule has 0 aliphatic carbocycles. The average Bonchev–Trinajstić information content (AvgIpc) is 3.26. The number of thiophene rings is 2. The second kappa shape index (κ2) is 6.70. The molecule has 1 aliphatic rings. The van der Waals surface area contributed by atoms with Crippen molar-refractivity contribution in [2.45, 2.75) is 19.6 Å². The van der Waals surface area contributed by atoms with E-state index in [1.165, 1.54) is 22.2 Å². The van der Waals surface area contributed by atoms with Gasteiger partial charge in [-0.1, -0.05) is 6.07 Å². The fourth-order valence-corrected chi connectivity index (χ4v) is 4.70. The van der Waals surface area contributed by atoms with Crippen LogP contribution in [0.15, 0.2) is 34.0 Å². The van der Waals surface area contributed by atoms with Crippen LogP contribution >= 0.6 is 22.7 Å². The maximum atomic E-state index is 12.9. The van der Waals surface area contributed by atoms with Crippen LogP contribution in [0.25, 0.3) is 20.7 Å². The standard InChI is InChI=1S/C17H17N3O3S2/c1-11-7-19(4-5-23-11)14(21)8-20-10-18-16-15(17(20)22)12(9-25-16)13-3-2-6-24-13/h2-3,6,9-11H,4-5,7-8H2,1H3/t11-/m1/s1. The number of hydrogen-bond donors (Lipinski definition) is 0. The van der Waals surface area contributed by atoms with Crippen molar-refractivity contribution in [1.29, 1.82) is 0 Å². The summed E-state index contributed by atoms with van der Waals surface area (Å²) < 4.78 is 6.88. The number of hydrogen-bond acceptors (Lipinski definition) is 6. The second-order valence-corrected chi connectivity index (χ2v) is 7.81. The van der Waals surface area contributed by atoms with E-state index < -0.39 is 0 Å². The number of carbonyl (C=O) groups is 1. The Balaban J connectivity index is 1.66. The van der Waals surface area contributed by atoms with Crippen molar-refractivity contribution in [1.82, 2.24) is 14.5 Å². The number of nitrogens with zero attached hydrogens (tertiary/aromatic N) is 3. The van der Waals surface area contributed by atoms with Gasteiger partial charge < -0.3 is 9.64 Å². The average molecular weight is 375 g/mol. The number of ether oxygens (including phenoxy) is 1. The fraction of sp³-hybridized carbons (Fsp3) is 0.353. The van der Waals surface area contributed by atoms with Crippen LogP contribution in [-0.4, -0.2) is 46.2 Å². The lowest BCUT2D eigenvalue weighted by Crippen LogP contribution is -2.46. The van der Waals surface area contributed by atoms with Gasteiger partial charge in [0.1, 0.15) is 11.4 Å². The molecule has 0 unspecified atom stereocenters. The van der Waals surface area contributed by atoms with Gasteiger partial charge in [0.05, 0.1) is 24.4 Å². The highest BCUT2D eigenvalue weighted by Crippen LogP contribution is 2.33. The molecule has 1 atom stereocenters. The molecule has 3 aromatic heterocycles. The van der Waals surface area contributed by atoms with Gasteiger partial charge in [-0.05, 0) is 18.4 Å². The minimum Gasteiger partial charge on any atom is -0.375 e. The maximum absolute atomic E-state index is 12.9. The number of fused-ring (bicyclic) bond motifs is 1. The summed E-state index contributed by atoms with van der Waals surface area (Å²) in [4.78, 5) is 33.3. The first-order valence-corrected chi connectivity index (χ1v) is 9.79. The van der Waals surface area contributed by atoms with Crippen molar-refractivity contribution >= 4 is 38.8 Å². The van der Waals surface area contributed by atoms with E-state index in [1.807, 2.05) is 29.8 Å². The van der Waals surface area contributed by atoms with E-state index in [4.69, 9.17) is 4.74 Å². The zero-order valence-electron chi connectivity index (χ0n) is 13.7. The summed E-state index contributed by atoms with van der Waals surface area (Å²) in [6, 6.07) is 3.95. The SMILES string of the molecule is C[C@@H]1CN(C(=O)Cn2cnc3scc(-c4cccs4)c3c2=O)CCO1. The summed E-state index contributed by atoms with van der Waals surface area (Å²) in [5.74, 6) is -0.0775. The van der Waals surface area contributed by atoms with Crippen LogP contribution in [0.2, 0.25) is 0 Å². The van der Waals surface area contributed by atoms with Crippen LogP contribution in [0.5, 0.6) is 0 Å². The molecule has 25 heavy (non-hydrogen) atoms. The van der Waals surface area contributed by atoms with Gasteiger partial charge >= 0.3 is 0 Å². The Kier molecular flexibility index (Phi) is 4.41. The van der Waals surface area contributed by atoms with Crippen molar-refractivity contribution in [3.05, 3.63) is 39.6 Å². The van der Waals surface area contributed by atoms with Crippen molar-refractivity contribution in [2.24, 2.45) is 0 Å². The summed E-state index contributed by atoms with van der Waals surface area (Å²) in [7, 11) is 0. The molecule has 0 radical (unpaired) electrons. The van der Waals surface area contributed by atoms with Gasteiger partial charge in [0.25, 0.3) is 5.56 Å². The topological polar surface area (TPSA) is 64.4 Å². The van der Waals surface area contributed by atoms with Gasteiger partial charge in [-0.25, -0.2) is 4.98 Å². The third kappa shape index (κ3) is 3.12. The maximum Gasteiger partial charge on any atom is 0.263 e. The van der Waals surface area contributed by atoms with E-state index in [0.29, 0.717) is 29.9 Å². The van der Waals surface area contributed by atoms with Gasteiger partial charge in [-0.3, -0.25) is 14.2 Å². The molecule has 0 aromatic carbocycles. The van der Waals surface area contributed by atoms with Crippen LogP contribution < -0.4 is 5.56 Å². The highest BCUT2D eigenvalue weighted by Gasteiger charge is 2.22. The zero-order valence-corrected chi connectivity index (χ0v) is 15.3. The van der Waals surface area contributed by atoms with Crippen molar-refractivity contribution < 1.29 is 9.53 Å². The molecule has 3 aromatic rings. The van der Waals surface area contributed by atoms with Crippen molar-refractivity contribution in [3.63, 3.8) is 0 Å². The molecule has 1 fully saturated rings. The quantitative estimate of drug-likeness (QED) is 0.705. The molecule has 1 saturated heterocycles. The predicted molar refractivity (Wildman–Crippen MR) is 99.2 cm³/mol. The first-order valence-electron chi connectivity index (χ1n) is 8.03. The molecule has 0 N–H and O–H groups in total. The molecule has 1 amide bonds. The number of carbonyl (C=O) groups excluding carboxylic acids is 1. The van der Waals surface area contributed by atoms with Gasteiger partial charge in [0.2, 0.25) is 5.91 Å². The molecule has 1 aliphatic heterocycles. The van der Waals surface area contributed by atoms with Gasteiger partial charge in [-0.15, -0.1) is 22.7 Å². The Hall–Kier alpha value is -2.03. The Morgan fingerprint density at radius 2 is 2.32 bits per heavy atom. The van der Waals surface area contributed by atoms with Gasteiger partial charge in [-0.2, -0.15) is 0 Å². The summed E-state index contributed by atoms with van der Waals surface area (Å²) in [6.07, 6.45) is 1.50. The number of rotatable bonds is 3. The molecular formula is C17H17N3O3S2. The molecule has 0 saturated carbocycles. The molecule has 0 bridgehead atoms. The van der Waals surface area contributed by atoms with E-state index in [0.717, 1.165) is 10.4 Å². The third-order valence-corrected chi connectivity index (χ3v) is 6.04. The van der Waals surface area contributed by atoms with Crippen LogP contribution in [0.1, 0.15) is 6.92 Å². The molecule has 6 nitrogen and oxygen atoms in total. The van der Waals surface area contributed by atoms with Gasteiger partial charge in [0.15, 0.2) is 0 Å². The lowest BCUT2D eigenvalue weighted by Gasteiger charge is -2.31. The predicted octanol–water partition coefficient (Wildman–Crippen LogP) is 2.43. The Bertz CT molecular complexity index is 961. The van der Waals surface area contributed by atoms with Crippen LogP contribution in [0.4, 0.5) is 0 Å². The van der Waals surface area contributed by atoms with E-state index in [1.54, 1.807) is 16.2 Å². The largest absolute Gasteiger partial charge is 0.375 e. The number of aromatic nitrogens is 2. The van der Waals surface area contributed by atoms with E-state index in [9.17, 15) is 9.59 Å². The lowest BCUT2D eigenvalue weighted by molar-refractivity contribution is -0.138.